The van der Waals surface area contributed by atoms with Crippen molar-refractivity contribution in [2.45, 2.75) is 12.2 Å². The highest BCUT2D eigenvalue weighted by Gasteiger charge is 2.19. The van der Waals surface area contributed by atoms with Crippen molar-refractivity contribution < 1.29 is 10.2 Å². The molecule has 1 aromatic rings. The molecule has 0 bridgehead atoms. The molecule has 1 rings (SSSR count). The Morgan fingerprint density at radius 1 is 1.67 bits per heavy atom. The third-order valence-corrected chi connectivity index (χ3v) is 1.77. The Morgan fingerprint density at radius 3 is 2.75 bits per heavy atom. The highest BCUT2D eigenvalue weighted by Crippen LogP contribution is 2.14. The van der Waals surface area contributed by atoms with E-state index in [1.165, 1.54) is 4.68 Å². The lowest BCUT2D eigenvalue weighted by Gasteiger charge is -2.15. The van der Waals surface area contributed by atoms with E-state index in [0.29, 0.717) is 5.69 Å². The van der Waals surface area contributed by atoms with Crippen molar-refractivity contribution in [3.8, 4) is 0 Å². The van der Waals surface area contributed by atoms with Gasteiger partial charge in [-0.1, -0.05) is 0 Å². The molecule has 5 nitrogen and oxygen atoms in total. The average Bonchev–Trinajstić information content (AvgIpc) is 2.48. The smallest absolute Gasteiger partial charge is 0.123 e. The quantitative estimate of drug-likeness (QED) is 0.532. The van der Waals surface area contributed by atoms with Crippen LogP contribution in [0.4, 0.5) is 0 Å². The second kappa shape index (κ2) is 3.66. The van der Waals surface area contributed by atoms with Crippen molar-refractivity contribution >= 4 is 0 Å². The Bertz CT molecular complexity index is 249. The first kappa shape index (κ1) is 9.18. The van der Waals surface area contributed by atoms with Crippen molar-refractivity contribution in [2.75, 3.05) is 6.54 Å². The molecule has 68 valence electrons. The molecule has 5 heteroatoms. The minimum absolute atomic E-state index is 0.0341. The third kappa shape index (κ3) is 1.63. The van der Waals surface area contributed by atoms with E-state index in [2.05, 4.69) is 5.10 Å². The van der Waals surface area contributed by atoms with Gasteiger partial charge in [0.05, 0.1) is 11.8 Å². The van der Waals surface area contributed by atoms with Gasteiger partial charge in [-0.15, -0.1) is 0 Å². The van der Waals surface area contributed by atoms with Crippen molar-refractivity contribution in [3.63, 3.8) is 0 Å². The Labute approximate surface area is 70.4 Å². The summed E-state index contributed by atoms with van der Waals surface area (Å²) in [7, 11) is 1.70. The summed E-state index contributed by atoms with van der Waals surface area (Å²) in [4.78, 5) is 0. The van der Waals surface area contributed by atoms with Crippen LogP contribution in [0.3, 0.4) is 0 Å². The third-order valence-electron chi connectivity index (χ3n) is 1.77. The molecule has 0 fully saturated rings. The molecule has 0 amide bonds. The van der Waals surface area contributed by atoms with Gasteiger partial charge in [0.1, 0.15) is 6.10 Å². The molecule has 2 unspecified atom stereocenters. The molecule has 0 spiro atoms. The van der Waals surface area contributed by atoms with Gasteiger partial charge in [0.25, 0.3) is 0 Å². The number of nitrogens with two attached hydrogens (primary N) is 1. The summed E-state index contributed by atoms with van der Waals surface area (Å²) in [5, 5.41) is 22.5. The molecular formula is C7H13N3O2. The average molecular weight is 171 g/mol. The number of hydrogen-bond donors (Lipinski definition) is 3. The predicted octanol–water partition coefficient (Wildman–Crippen LogP) is -1.23. The zero-order valence-corrected chi connectivity index (χ0v) is 6.88. The maximum atomic E-state index is 9.47. The minimum atomic E-state index is -0.956. The topological polar surface area (TPSA) is 84.3 Å². The van der Waals surface area contributed by atoms with E-state index in [-0.39, 0.29) is 6.54 Å². The number of aromatic nitrogens is 2. The van der Waals surface area contributed by atoms with Gasteiger partial charge in [0.2, 0.25) is 0 Å². The maximum absolute atomic E-state index is 9.47. The van der Waals surface area contributed by atoms with Gasteiger partial charge in [-0.3, -0.25) is 4.68 Å². The second-order valence-electron chi connectivity index (χ2n) is 2.63. The van der Waals surface area contributed by atoms with Crippen molar-refractivity contribution in [1.29, 1.82) is 0 Å². The summed E-state index contributed by atoms with van der Waals surface area (Å²) in [6.45, 7) is 0.0341. The summed E-state index contributed by atoms with van der Waals surface area (Å²) in [5.74, 6) is 0. The van der Waals surface area contributed by atoms with Crippen LogP contribution in [0.2, 0.25) is 0 Å². The largest absolute Gasteiger partial charge is 0.389 e. The van der Waals surface area contributed by atoms with Gasteiger partial charge < -0.3 is 15.9 Å². The Hall–Kier alpha value is -0.910. The van der Waals surface area contributed by atoms with E-state index in [0.717, 1.165) is 0 Å². The molecule has 0 aromatic carbocycles. The fourth-order valence-corrected chi connectivity index (χ4v) is 1.00. The van der Waals surface area contributed by atoms with Gasteiger partial charge in [0.15, 0.2) is 0 Å². The molecule has 2 atom stereocenters. The number of aliphatic hydroxyl groups excluding tert-OH is 2. The van der Waals surface area contributed by atoms with Gasteiger partial charge in [0, 0.05) is 19.8 Å². The van der Waals surface area contributed by atoms with Gasteiger partial charge in [-0.2, -0.15) is 5.10 Å². The minimum Gasteiger partial charge on any atom is -0.389 e. The van der Waals surface area contributed by atoms with E-state index in [4.69, 9.17) is 5.73 Å². The Kier molecular flexibility index (Phi) is 2.80. The normalized spacial score (nSPS) is 16.0. The summed E-state index contributed by atoms with van der Waals surface area (Å²) in [6.07, 6.45) is -0.329. The molecule has 1 heterocycles. The SMILES string of the molecule is Cn1nccc1C(O)C(O)CN. The van der Waals surface area contributed by atoms with Crippen LogP contribution in [-0.2, 0) is 7.05 Å². The number of aryl methyl sites for hydroxylation is 1. The highest BCUT2D eigenvalue weighted by atomic mass is 16.3. The molecule has 0 saturated heterocycles. The molecule has 0 aliphatic carbocycles. The van der Waals surface area contributed by atoms with Crippen molar-refractivity contribution in [2.24, 2.45) is 12.8 Å². The molecule has 12 heavy (non-hydrogen) atoms. The zero-order chi connectivity index (χ0) is 9.14. The van der Waals surface area contributed by atoms with Gasteiger partial charge in [-0.25, -0.2) is 0 Å². The molecule has 0 saturated carbocycles. The van der Waals surface area contributed by atoms with Crippen LogP contribution in [0.25, 0.3) is 0 Å². The monoisotopic (exact) mass is 171 g/mol. The first-order valence-electron chi connectivity index (χ1n) is 3.71. The van der Waals surface area contributed by atoms with Gasteiger partial charge in [-0.05, 0) is 6.07 Å². The van der Waals surface area contributed by atoms with Crippen LogP contribution in [-0.4, -0.2) is 32.6 Å². The van der Waals surface area contributed by atoms with Crippen LogP contribution < -0.4 is 5.73 Å². The molecule has 0 aliphatic heterocycles. The molecular weight excluding hydrogens is 158 g/mol. The fourth-order valence-electron chi connectivity index (χ4n) is 1.00. The maximum Gasteiger partial charge on any atom is 0.123 e. The first-order chi connectivity index (χ1) is 5.66. The number of aliphatic hydroxyl groups is 2. The fraction of sp³-hybridized carbons (Fsp3) is 0.571. The van der Waals surface area contributed by atoms with Gasteiger partial charge >= 0.3 is 0 Å². The Balaban J connectivity index is 2.77. The second-order valence-corrected chi connectivity index (χ2v) is 2.63. The molecule has 4 N–H and O–H groups in total. The molecule has 0 radical (unpaired) electrons. The van der Waals surface area contributed by atoms with Crippen LogP contribution >= 0.6 is 0 Å². The standard InChI is InChI=1S/C7H13N3O2/c1-10-5(2-3-9-10)7(12)6(11)4-8/h2-3,6-7,11-12H,4,8H2,1H3. The number of rotatable bonds is 3. The van der Waals surface area contributed by atoms with Crippen LogP contribution in [0, 0.1) is 0 Å². The number of nitrogens with zero attached hydrogens (tertiary/aromatic N) is 2. The van der Waals surface area contributed by atoms with E-state index in [1.807, 2.05) is 0 Å². The lowest BCUT2D eigenvalue weighted by Crippen LogP contribution is -2.28. The molecule has 1 aromatic heterocycles. The lowest BCUT2D eigenvalue weighted by atomic mass is 10.1. The highest BCUT2D eigenvalue weighted by molar-refractivity contribution is 5.05. The van der Waals surface area contributed by atoms with E-state index >= 15 is 0 Å². The van der Waals surface area contributed by atoms with Crippen molar-refractivity contribution in [3.05, 3.63) is 18.0 Å². The predicted molar refractivity (Wildman–Crippen MR) is 43.2 cm³/mol. The van der Waals surface area contributed by atoms with Crippen LogP contribution in [0.15, 0.2) is 12.3 Å². The zero-order valence-electron chi connectivity index (χ0n) is 6.88. The summed E-state index contributed by atoms with van der Waals surface area (Å²) in [6, 6.07) is 1.64. The summed E-state index contributed by atoms with van der Waals surface area (Å²) in [5.41, 5.74) is 5.75. The van der Waals surface area contributed by atoms with Crippen LogP contribution in [0.1, 0.15) is 11.8 Å². The lowest BCUT2D eigenvalue weighted by molar-refractivity contribution is 0.0194. The molecule has 0 aliphatic rings. The van der Waals surface area contributed by atoms with E-state index < -0.39 is 12.2 Å². The van der Waals surface area contributed by atoms with Crippen molar-refractivity contribution in [1.82, 2.24) is 9.78 Å². The van der Waals surface area contributed by atoms with E-state index in [9.17, 15) is 10.2 Å². The number of hydrogen-bond acceptors (Lipinski definition) is 4. The summed E-state index contributed by atoms with van der Waals surface area (Å²) >= 11 is 0. The summed E-state index contributed by atoms with van der Waals surface area (Å²) < 4.78 is 1.50. The van der Waals surface area contributed by atoms with E-state index in [1.54, 1.807) is 19.3 Å². The first-order valence-corrected chi connectivity index (χ1v) is 3.71. The van der Waals surface area contributed by atoms with Crippen LogP contribution in [0.5, 0.6) is 0 Å². The Morgan fingerprint density at radius 2 is 2.33 bits per heavy atom.